The van der Waals surface area contributed by atoms with Gasteiger partial charge in [0.2, 0.25) is 0 Å². The highest BCUT2D eigenvalue weighted by Crippen LogP contribution is 2.37. The van der Waals surface area contributed by atoms with E-state index in [2.05, 4.69) is 4.98 Å². The van der Waals surface area contributed by atoms with Crippen LogP contribution in [0.3, 0.4) is 0 Å². The predicted octanol–water partition coefficient (Wildman–Crippen LogP) is 3.70. The first-order valence-corrected chi connectivity index (χ1v) is 9.13. The summed E-state index contributed by atoms with van der Waals surface area (Å²) in [5.74, 6) is -0.962. The maximum absolute atomic E-state index is 13.4. The second kappa shape index (κ2) is 6.72. The van der Waals surface area contributed by atoms with Gasteiger partial charge in [0.15, 0.2) is 11.3 Å². The number of hydrogen-bond donors (Lipinski definition) is 2. The summed E-state index contributed by atoms with van der Waals surface area (Å²) in [6.45, 7) is 0. The summed E-state index contributed by atoms with van der Waals surface area (Å²) < 4.78 is 18.8. The molecule has 0 aliphatic heterocycles. The Kier molecular flexibility index (Phi) is 4.35. The van der Waals surface area contributed by atoms with Gasteiger partial charge in [0.1, 0.15) is 16.1 Å². The van der Waals surface area contributed by atoms with Crippen LogP contribution in [-0.4, -0.2) is 24.2 Å². The molecular weight excluding hydrogens is 383 g/mol. The van der Waals surface area contributed by atoms with E-state index in [0.717, 1.165) is 17.4 Å². The Morgan fingerprint density at radius 3 is 2.64 bits per heavy atom. The average Bonchev–Trinajstić information content (AvgIpc) is 2.64. The first-order valence-electron chi connectivity index (χ1n) is 8.31. The molecule has 0 radical (unpaired) electrons. The molecule has 0 spiro atoms. The van der Waals surface area contributed by atoms with Gasteiger partial charge in [0.25, 0.3) is 5.56 Å². The van der Waals surface area contributed by atoms with E-state index >= 15 is 0 Å². The van der Waals surface area contributed by atoms with Crippen molar-refractivity contribution < 1.29 is 13.9 Å². The molecule has 0 unspecified atom stereocenters. The lowest BCUT2D eigenvalue weighted by Gasteiger charge is -2.13. The SMILES string of the molecule is CN(C)c1ccc2c(c1)[nH]c(=O)c1c(O)c(Sc3cccc(F)c3)c(=O)oc12. The van der Waals surface area contributed by atoms with E-state index < -0.39 is 22.8 Å². The van der Waals surface area contributed by atoms with Gasteiger partial charge in [0.05, 0.1) is 5.52 Å². The van der Waals surface area contributed by atoms with Crippen molar-refractivity contribution in [1.29, 1.82) is 0 Å². The van der Waals surface area contributed by atoms with E-state index in [0.29, 0.717) is 15.8 Å². The van der Waals surface area contributed by atoms with E-state index in [4.69, 9.17) is 4.42 Å². The number of aromatic nitrogens is 1. The van der Waals surface area contributed by atoms with E-state index in [-0.39, 0.29) is 15.9 Å². The maximum atomic E-state index is 13.4. The molecule has 4 aromatic rings. The number of halogens is 1. The number of nitrogens with one attached hydrogen (secondary N) is 1. The lowest BCUT2D eigenvalue weighted by atomic mass is 10.1. The largest absolute Gasteiger partial charge is 0.505 e. The minimum absolute atomic E-state index is 0.00940. The maximum Gasteiger partial charge on any atom is 0.354 e. The van der Waals surface area contributed by atoms with Gasteiger partial charge in [-0.3, -0.25) is 4.79 Å². The number of hydrogen-bond acceptors (Lipinski definition) is 6. The lowest BCUT2D eigenvalue weighted by Crippen LogP contribution is -2.12. The molecule has 2 aromatic carbocycles. The monoisotopic (exact) mass is 398 g/mol. The number of aromatic hydroxyl groups is 1. The Morgan fingerprint density at radius 2 is 1.93 bits per heavy atom. The lowest BCUT2D eigenvalue weighted by molar-refractivity contribution is 0.447. The second-order valence-corrected chi connectivity index (χ2v) is 7.49. The van der Waals surface area contributed by atoms with Crippen LogP contribution in [0.4, 0.5) is 10.1 Å². The van der Waals surface area contributed by atoms with Crippen LogP contribution >= 0.6 is 11.8 Å². The number of anilines is 1. The number of aromatic amines is 1. The number of H-pyrrole nitrogens is 1. The van der Waals surface area contributed by atoms with Crippen molar-refractivity contribution in [3.8, 4) is 5.75 Å². The van der Waals surface area contributed by atoms with Gasteiger partial charge < -0.3 is 19.4 Å². The molecule has 2 aromatic heterocycles. The molecule has 6 nitrogen and oxygen atoms in total. The molecule has 0 atom stereocenters. The Labute approximate surface area is 162 Å². The van der Waals surface area contributed by atoms with Crippen LogP contribution in [0.15, 0.2) is 66.3 Å². The van der Waals surface area contributed by atoms with Gasteiger partial charge in [-0.05, 0) is 36.4 Å². The minimum atomic E-state index is -0.803. The zero-order chi connectivity index (χ0) is 20.0. The number of fused-ring (bicyclic) bond motifs is 3. The minimum Gasteiger partial charge on any atom is -0.505 e. The summed E-state index contributed by atoms with van der Waals surface area (Å²) in [6, 6.07) is 10.8. The molecule has 28 heavy (non-hydrogen) atoms. The van der Waals surface area contributed by atoms with Crippen molar-refractivity contribution in [2.75, 3.05) is 19.0 Å². The van der Waals surface area contributed by atoms with E-state index in [9.17, 15) is 19.1 Å². The topological polar surface area (TPSA) is 86.5 Å². The third-order valence-corrected chi connectivity index (χ3v) is 5.37. The van der Waals surface area contributed by atoms with E-state index in [1.54, 1.807) is 18.2 Å². The zero-order valence-electron chi connectivity index (χ0n) is 14.9. The predicted molar refractivity (Wildman–Crippen MR) is 107 cm³/mol. The van der Waals surface area contributed by atoms with Crippen molar-refractivity contribution in [3.63, 3.8) is 0 Å². The highest BCUT2D eigenvalue weighted by Gasteiger charge is 2.20. The van der Waals surface area contributed by atoms with Gasteiger partial charge in [-0.25, -0.2) is 9.18 Å². The molecule has 8 heteroatoms. The van der Waals surface area contributed by atoms with Gasteiger partial charge >= 0.3 is 5.63 Å². The first-order chi connectivity index (χ1) is 13.3. The Hall–Kier alpha value is -3.26. The van der Waals surface area contributed by atoms with Crippen LogP contribution in [0.1, 0.15) is 0 Å². The van der Waals surface area contributed by atoms with Gasteiger partial charge in [-0.15, -0.1) is 0 Å². The molecular formula is C20H15FN2O4S. The molecule has 2 N–H and O–H groups in total. The molecule has 4 rings (SSSR count). The van der Waals surface area contributed by atoms with Crippen molar-refractivity contribution in [2.45, 2.75) is 9.79 Å². The molecule has 0 fully saturated rings. The van der Waals surface area contributed by atoms with Gasteiger partial charge in [-0.1, -0.05) is 17.8 Å². The van der Waals surface area contributed by atoms with Crippen LogP contribution in [0.5, 0.6) is 5.75 Å². The molecule has 0 saturated heterocycles. The quantitative estimate of drug-likeness (QED) is 0.512. The number of nitrogens with zero attached hydrogens (tertiary/aromatic N) is 1. The fourth-order valence-corrected chi connectivity index (χ4v) is 3.82. The third-order valence-electron chi connectivity index (χ3n) is 4.31. The number of pyridine rings is 1. The summed E-state index contributed by atoms with van der Waals surface area (Å²) in [5, 5.41) is 11.0. The highest BCUT2D eigenvalue weighted by molar-refractivity contribution is 7.99. The first kappa shape index (κ1) is 18.1. The fourth-order valence-electron chi connectivity index (χ4n) is 2.94. The molecule has 0 amide bonds. The van der Waals surface area contributed by atoms with Crippen molar-refractivity contribution in [2.24, 2.45) is 0 Å². The molecule has 0 saturated carbocycles. The molecule has 2 heterocycles. The van der Waals surface area contributed by atoms with Gasteiger partial charge in [0, 0.05) is 30.1 Å². The highest BCUT2D eigenvalue weighted by atomic mass is 32.2. The van der Waals surface area contributed by atoms with Crippen LogP contribution in [0, 0.1) is 5.82 Å². The normalized spacial score (nSPS) is 11.2. The number of benzene rings is 2. The Bertz CT molecular complexity index is 1340. The molecule has 142 valence electrons. The summed E-state index contributed by atoms with van der Waals surface area (Å²) in [4.78, 5) is 29.9. The van der Waals surface area contributed by atoms with Crippen LogP contribution in [0.2, 0.25) is 0 Å². The summed E-state index contributed by atoms with van der Waals surface area (Å²) in [6.07, 6.45) is 0. The van der Waals surface area contributed by atoms with Crippen molar-refractivity contribution in [3.05, 3.63) is 69.1 Å². The fraction of sp³-hybridized carbons (Fsp3) is 0.100. The number of rotatable bonds is 3. The summed E-state index contributed by atoms with van der Waals surface area (Å²) in [7, 11) is 3.73. The molecule has 0 aliphatic carbocycles. The summed E-state index contributed by atoms with van der Waals surface area (Å²) in [5.41, 5.74) is -0.0390. The smallest absolute Gasteiger partial charge is 0.354 e. The molecule has 0 bridgehead atoms. The van der Waals surface area contributed by atoms with Crippen LogP contribution in [0.25, 0.3) is 21.9 Å². The third kappa shape index (κ3) is 3.01. The zero-order valence-corrected chi connectivity index (χ0v) is 15.8. The van der Waals surface area contributed by atoms with E-state index in [1.807, 2.05) is 25.1 Å². The molecule has 0 aliphatic rings. The van der Waals surface area contributed by atoms with Crippen LogP contribution in [-0.2, 0) is 0 Å². The van der Waals surface area contributed by atoms with Crippen molar-refractivity contribution in [1.82, 2.24) is 4.98 Å². The van der Waals surface area contributed by atoms with E-state index in [1.165, 1.54) is 18.2 Å². The summed E-state index contributed by atoms with van der Waals surface area (Å²) >= 11 is 0.835. The Balaban J connectivity index is 1.97. The Morgan fingerprint density at radius 1 is 1.14 bits per heavy atom. The van der Waals surface area contributed by atoms with Crippen molar-refractivity contribution >= 4 is 39.3 Å². The standard InChI is InChI=1S/C20H15FN2O4S/c1-23(2)11-6-7-13-14(9-11)22-19(25)15-16(24)18(20(26)27-17(13)15)28-12-5-3-4-10(21)8-12/h3-9,24H,1-2H3,(H,22,25). The average molecular weight is 398 g/mol. The van der Waals surface area contributed by atoms with Gasteiger partial charge in [-0.2, -0.15) is 0 Å². The second-order valence-electron chi connectivity index (χ2n) is 6.41. The van der Waals surface area contributed by atoms with Crippen LogP contribution < -0.4 is 16.1 Å².